The fraction of sp³-hybridized carbons (Fsp3) is 0.471. The lowest BCUT2D eigenvalue weighted by molar-refractivity contribution is -0.126. The number of alkyl halides is 3. The van der Waals surface area contributed by atoms with E-state index in [4.69, 9.17) is 0 Å². The maximum atomic E-state index is 13.2. The number of anilines is 1. The predicted molar refractivity (Wildman–Crippen MR) is 174 cm³/mol. The molecule has 2 atom stereocenters. The Bertz CT molecular complexity index is 1860. The van der Waals surface area contributed by atoms with Gasteiger partial charge < -0.3 is 14.8 Å². The highest BCUT2D eigenvalue weighted by molar-refractivity contribution is 7.18. The quantitative estimate of drug-likeness (QED) is 0.172. The standard InChI is InChI=1S/C34H37F3N8S/c1-21-24(8-9-31-27(21)10-25(13-38)45(31)17-22-14-42-43-15-22)16-39-30-19-44(18-29(30)23-6-4-2-3-5-7-23)32-28-11-26(12-34(35,36)37)46-33(28)41-20-40-32/h8-11,14-15,20,23,29-30,39H,2-7,12,16-19H2,1H3,(H,42,43). The first-order valence-corrected chi connectivity index (χ1v) is 16.9. The van der Waals surface area contributed by atoms with Gasteiger partial charge in [0, 0.05) is 53.2 Å². The second-order valence-electron chi connectivity index (χ2n) is 12.8. The van der Waals surface area contributed by atoms with Gasteiger partial charge in [-0.1, -0.05) is 44.6 Å². The third-order valence-corrected chi connectivity index (χ3v) is 11.0. The summed E-state index contributed by atoms with van der Waals surface area (Å²) in [6.07, 6.45) is 7.34. The van der Waals surface area contributed by atoms with Crippen molar-refractivity contribution < 1.29 is 13.2 Å². The Morgan fingerprint density at radius 2 is 1.91 bits per heavy atom. The van der Waals surface area contributed by atoms with Crippen molar-refractivity contribution >= 4 is 38.3 Å². The fourth-order valence-corrected chi connectivity index (χ4v) is 8.65. The van der Waals surface area contributed by atoms with E-state index in [0.29, 0.717) is 40.8 Å². The van der Waals surface area contributed by atoms with Crippen LogP contribution in [-0.2, 0) is 19.5 Å². The Hall–Kier alpha value is -3.95. The number of hydrogen-bond donors (Lipinski definition) is 2. The Balaban J connectivity index is 1.15. The largest absolute Gasteiger partial charge is 0.393 e. The zero-order valence-corrected chi connectivity index (χ0v) is 26.6. The Labute approximate surface area is 269 Å². The van der Waals surface area contributed by atoms with Crippen molar-refractivity contribution in [3.05, 3.63) is 70.2 Å². The van der Waals surface area contributed by atoms with Crippen molar-refractivity contribution in [2.75, 3.05) is 18.0 Å². The number of benzene rings is 1. The normalized spacial score (nSPS) is 19.7. The lowest BCUT2D eigenvalue weighted by Gasteiger charge is -2.28. The zero-order valence-electron chi connectivity index (χ0n) is 25.8. The van der Waals surface area contributed by atoms with Crippen molar-refractivity contribution in [2.24, 2.45) is 11.8 Å². The molecule has 5 heterocycles. The molecule has 2 N–H and O–H groups in total. The molecule has 12 heteroatoms. The third kappa shape index (κ3) is 6.22. The molecule has 1 aliphatic heterocycles. The molecule has 0 spiro atoms. The maximum absolute atomic E-state index is 13.2. The van der Waals surface area contributed by atoms with Gasteiger partial charge >= 0.3 is 6.18 Å². The van der Waals surface area contributed by atoms with Crippen molar-refractivity contribution in [1.29, 1.82) is 5.26 Å². The number of H-pyrrole nitrogens is 1. The van der Waals surface area contributed by atoms with Crippen molar-refractivity contribution in [3.8, 4) is 6.07 Å². The van der Waals surface area contributed by atoms with E-state index in [1.165, 1.54) is 50.4 Å². The molecule has 240 valence electrons. The summed E-state index contributed by atoms with van der Waals surface area (Å²) in [5, 5.41) is 22.5. The molecule has 5 aromatic rings. The van der Waals surface area contributed by atoms with E-state index in [9.17, 15) is 18.4 Å². The van der Waals surface area contributed by atoms with Crippen LogP contribution < -0.4 is 10.2 Å². The number of nitrogens with zero attached hydrogens (tertiary/aromatic N) is 6. The zero-order chi connectivity index (χ0) is 31.8. The predicted octanol–water partition coefficient (Wildman–Crippen LogP) is 7.27. The van der Waals surface area contributed by atoms with Crippen molar-refractivity contribution in [3.63, 3.8) is 0 Å². The molecular formula is C34H37F3N8S. The van der Waals surface area contributed by atoms with Gasteiger partial charge in [-0.05, 0) is 48.1 Å². The van der Waals surface area contributed by atoms with E-state index in [1.807, 2.05) is 16.8 Å². The molecule has 2 unspecified atom stereocenters. The SMILES string of the molecule is Cc1c(CNC2CN(c3ncnc4sc(CC(F)(F)F)cc34)CC2C2CCCCCC2)ccc2c1cc(C#N)n2Cc1cn[nH]c1. The summed E-state index contributed by atoms with van der Waals surface area (Å²) in [6, 6.07) is 10.4. The number of rotatable bonds is 8. The summed E-state index contributed by atoms with van der Waals surface area (Å²) >= 11 is 1.10. The summed E-state index contributed by atoms with van der Waals surface area (Å²) < 4.78 is 41.6. The Kier molecular flexibility index (Phi) is 8.46. The molecule has 1 saturated carbocycles. The average Bonchev–Trinajstić information content (AvgIpc) is 3.80. The van der Waals surface area contributed by atoms with Crippen LogP contribution in [0, 0.1) is 30.1 Å². The second-order valence-corrected chi connectivity index (χ2v) is 14.0. The lowest BCUT2D eigenvalue weighted by atomic mass is 9.83. The molecule has 46 heavy (non-hydrogen) atoms. The van der Waals surface area contributed by atoms with E-state index >= 15 is 0 Å². The fourth-order valence-electron chi connectivity index (χ4n) is 7.63. The summed E-state index contributed by atoms with van der Waals surface area (Å²) in [6.45, 7) is 4.93. The Morgan fingerprint density at radius 3 is 2.65 bits per heavy atom. The van der Waals surface area contributed by atoms with Crippen LogP contribution in [0.3, 0.4) is 0 Å². The van der Waals surface area contributed by atoms with E-state index in [2.05, 4.69) is 55.5 Å². The van der Waals surface area contributed by atoms with Gasteiger partial charge in [0.15, 0.2) is 0 Å². The smallest absolute Gasteiger partial charge is 0.354 e. The van der Waals surface area contributed by atoms with Crippen LogP contribution in [-0.4, -0.2) is 50.0 Å². The van der Waals surface area contributed by atoms with Crippen molar-refractivity contribution in [1.82, 2.24) is 30.0 Å². The number of aromatic amines is 1. The summed E-state index contributed by atoms with van der Waals surface area (Å²) in [5.41, 5.74) is 4.99. The topological polar surface area (TPSA) is 98.5 Å². The van der Waals surface area contributed by atoms with Gasteiger partial charge in [-0.3, -0.25) is 5.10 Å². The lowest BCUT2D eigenvalue weighted by Crippen LogP contribution is -2.39. The van der Waals surface area contributed by atoms with Gasteiger partial charge in [0.25, 0.3) is 0 Å². The molecule has 1 aromatic carbocycles. The first-order valence-electron chi connectivity index (χ1n) is 16.1. The van der Waals surface area contributed by atoms with E-state index < -0.39 is 12.6 Å². The number of thiophene rings is 1. The summed E-state index contributed by atoms with van der Waals surface area (Å²) in [4.78, 5) is 12.1. The molecule has 4 aromatic heterocycles. The number of aromatic nitrogens is 5. The molecule has 0 amide bonds. The summed E-state index contributed by atoms with van der Waals surface area (Å²) in [5.74, 6) is 1.73. The monoisotopic (exact) mass is 646 g/mol. The van der Waals surface area contributed by atoms with Gasteiger partial charge in [0.2, 0.25) is 0 Å². The Morgan fingerprint density at radius 1 is 1.09 bits per heavy atom. The van der Waals surface area contributed by atoms with Crippen LogP contribution in [0.25, 0.3) is 21.1 Å². The molecule has 0 bridgehead atoms. The van der Waals surface area contributed by atoms with Crippen molar-refractivity contribution in [2.45, 2.75) is 77.2 Å². The summed E-state index contributed by atoms with van der Waals surface area (Å²) in [7, 11) is 0. The van der Waals surface area contributed by atoms with Gasteiger partial charge in [-0.25, -0.2) is 9.97 Å². The van der Waals surface area contributed by atoms with Gasteiger partial charge in [-0.2, -0.15) is 23.5 Å². The minimum Gasteiger partial charge on any atom is -0.354 e. The number of aryl methyl sites for hydroxylation is 1. The minimum atomic E-state index is -4.26. The van der Waals surface area contributed by atoms with E-state index in [-0.39, 0.29) is 10.9 Å². The van der Waals surface area contributed by atoms with Crippen LogP contribution in [0.4, 0.5) is 19.0 Å². The molecule has 1 saturated heterocycles. The van der Waals surface area contributed by atoms with Gasteiger partial charge in [0.05, 0.1) is 24.5 Å². The van der Waals surface area contributed by atoms with Gasteiger partial charge in [0.1, 0.15) is 28.7 Å². The maximum Gasteiger partial charge on any atom is 0.393 e. The second kappa shape index (κ2) is 12.7. The highest BCUT2D eigenvalue weighted by atomic mass is 32.1. The first kappa shape index (κ1) is 30.7. The third-order valence-electron chi connectivity index (χ3n) is 9.94. The molecule has 2 aliphatic rings. The molecular weight excluding hydrogens is 609 g/mol. The molecule has 7 rings (SSSR count). The molecule has 1 aliphatic carbocycles. The first-order chi connectivity index (χ1) is 22.3. The highest BCUT2D eigenvalue weighted by Gasteiger charge is 2.39. The van der Waals surface area contributed by atoms with E-state index in [0.717, 1.165) is 52.3 Å². The minimum absolute atomic E-state index is 0.205. The number of hydrogen-bond acceptors (Lipinski definition) is 7. The van der Waals surface area contributed by atoms with Gasteiger partial charge in [-0.15, -0.1) is 11.3 Å². The number of nitriles is 1. The number of halogens is 3. The highest BCUT2D eigenvalue weighted by Crippen LogP contribution is 2.39. The molecule has 0 radical (unpaired) electrons. The van der Waals surface area contributed by atoms with Crippen LogP contribution in [0.5, 0.6) is 0 Å². The molecule has 2 fully saturated rings. The van der Waals surface area contributed by atoms with Crippen LogP contribution in [0.2, 0.25) is 0 Å². The van der Waals surface area contributed by atoms with E-state index in [1.54, 1.807) is 12.3 Å². The van der Waals surface area contributed by atoms with Crippen LogP contribution in [0.15, 0.2) is 43.0 Å². The average molecular weight is 647 g/mol. The number of fused-ring (bicyclic) bond motifs is 2. The van der Waals surface area contributed by atoms with Crippen LogP contribution >= 0.6 is 11.3 Å². The molecule has 8 nitrogen and oxygen atoms in total. The number of nitrogens with one attached hydrogen (secondary N) is 2. The van der Waals surface area contributed by atoms with Crippen LogP contribution in [0.1, 0.15) is 65.8 Å².